The number of carbonyl (C=O) groups is 1. The van der Waals surface area contributed by atoms with Gasteiger partial charge in [-0.15, -0.1) is 0 Å². The fourth-order valence-corrected chi connectivity index (χ4v) is 4.36. The molecule has 0 saturated carbocycles. The molecule has 0 aliphatic carbocycles. The molecule has 0 radical (unpaired) electrons. The molecule has 110 valence electrons. The fraction of sp³-hybridized carbons (Fsp3) is 0.462. The van der Waals surface area contributed by atoms with Gasteiger partial charge in [-0.3, -0.25) is 4.79 Å². The van der Waals surface area contributed by atoms with Gasteiger partial charge < -0.3 is 5.32 Å². The summed E-state index contributed by atoms with van der Waals surface area (Å²) in [6, 6.07) is 4.30. The SMILES string of the molecule is CNC(=O)C1CCCN1S(=O)(=O)c1ccc(Br)c(C)c1. The highest BCUT2D eigenvalue weighted by Crippen LogP contribution is 2.28. The number of nitrogens with zero attached hydrogens (tertiary/aromatic N) is 1. The van der Waals surface area contributed by atoms with Crippen molar-refractivity contribution in [1.82, 2.24) is 9.62 Å². The quantitative estimate of drug-likeness (QED) is 0.891. The van der Waals surface area contributed by atoms with Crippen molar-refractivity contribution in [3.05, 3.63) is 28.2 Å². The number of amides is 1. The van der Waals surface area contributed by atoms with Crippen molar-refractivity contribution in [1.29, 1.82) is 0 Å². The molecule has 1 aromatic carbocycles. The summed E-state index contributed by atoms with van der Waals surface area (Å²) in [5, 5.41) is 2.53. The molecule has 1 aliphatic rings. The van der Waals surface area contributed by atoms with Gasteiger partial charge in [-0.2, -0.15) is 4.31 Å². The van der Waals surface area contributed by atoms with Crippen LogP contribution in [0.25, 0.3) is 0 Å². The third-order valence-electron chi connectivity index (χ3n) is 3.49. The highest BCUT2D eigenvalue weighted by Gasteiger charge is 2.39. The molecule has 1 unspecified atom stereocenters. The molecular formula is C13H17BrN2O3S. The second-order valence-electron chi connectivity index (χ2n) is 4.80. The molecule has 1 heterocycles. The summed E-state index contributed by atoms with van der Waals surface area (Å²) < 4.78 is 27.5. The Morgan fingerprint density at radius 3 is 2.75 bits per heavy atom. The van der Waals surface area contributed by atoms with Crippen LogP contribution in [0.4, 0.5) is 0 Å². The summed E-state index contributed by atoms with van der Waals surface area (Å²) in [4.78, 5) is 12.0. The van der Waals surface area contributed by atoms with Crippen molar-refractivity contribution in [2.45, 2.75) is 30.7 Å². The number of likely N-dealkylation sites (N-methyl/N-ethyl adjacent to an activating group) is 1. The maximum absolute atomic E-state index is 12.7. The van der Waals surface area contributed by atoms with Crippen LogP contribution in [0.3, 0.4) is 0 Å². The van der Waals surface area contributed by atoms with Gasteiger partial charge in [0, 0.05) is 18.1 Å². The molecule has 1 fully saturated rings. The molecular weight excluding hydrogens is 344 g/mol. The van der Waals surface area contributed by atoms with Gasteiger partial charge in [-0.25, -0.2) is 8.42 Å². The Bertz CT molecular complexity index is 631. The topological polar surface area (TPSA) is 66.5 Å². The van der Waals surface area contributed by atoms with E-state index in [1.54, 1.807) is 18.2 Å². The van der Waals surface area contributed by atoms with E-state index in [0.29, 0.717) is 19.4 Å². The lowest BCUT2D eigenvalue weighted by Gasteiger charge is -2.23. The maximum atomic E-state index is 12.7. The van der Waals surface area contributed by atoms with Crippen LogP contribution in [0.2, 0.25) is 0 Å². The standard InChI is InChI=1S/C13H17BrN2O3S/c1-9-8-10(5-6-11(9)14)20(18,19)16-7-3-4-12(16)13(17)15-2/h5-6,8,12H,3-4,7H2,1-2H3,(H,15,17). The fourth-order valence-electron chi connectivity index (χ4n) is 2.37. The molecule has 1 amide bonds. The van der Waals surface area contributed by atoms with E-state index < -0.39 is 16.1 Å². The van der Waals surface area contributed by atoms with E-state index in [0.717, 1.165) is 10.0 Å². The minimum Gasteiger partial charge on any atom is -0.358 e. The third kappa shape index (κ3) is 2.75. The lowest BCUT2D eigenvalue weighted by atomic mass is 10.2. The van der Waals surface area contributed by atoms with Crippen molar-refractivity contribution in [2.75, 3.05) is 13.6 Å². The normalized spacial score (nSPS) is 20.1. The molecule has 0 bridgehead atoms. The Morgan fingerprint density at radius 2 is 2.15 bits per heavy atom. The zero-order valence-corrected chi connectivity index (χ0v) is 13.8. The average molecular weight is 361 g/mol. The number of hydrogen-bond acceptors (Lipinski definition) is 3. The van der Waals surface area contributed by atoms with E-state index >= 15 is 0 Å². The molecule has 7 heteroatoms. The smallest absolute Gasteiger partial charge is 0.243 e. The predicted octanol–water partition coefficient (Wildman–Crippen LogP) is 1.66. The molecule has 0 aromatic heterocycles. The highest BCUT2D eigenvalue weighted by atomic mass is 79.9. The zero-order valence-electron chi connectivity index (χ0n) is 11.4. The van der Waals surface area contributed by atoms with Gasteiger partial charge >= 0.3 is 0 Å². The van der Waals surface area contributed by atoms with E-state index in [1.807, 2.05) is 6.92 Å². The van der Waals surface area contributed by atoms with Crippen LogP contribution in [0, 0.1) is 6.92 Å². The summed E-state index contributed by atoms with van der Waals surface area (Å²) in [5.74, 6) is -0.250. The van der Waals surface area contributed by atoms with Crippen LogP contribution in [0.5, 0.6) is 0 Å². The number of aryl methyl sites for hydroxylation is 1. The van der Waals surface area contributed by atoms with Crippen LogP contribution in [0.15, 0.2) is 27.6 Å². The predicted molar refractivity (Wildman–Crippen MR) is 79.9 cm³/mol. The van der Waals surface area contributed by atoms with Crippen LogP contribution in [0.1, 0.15) is 18.4 Å². The van der Waals surface area contributed by atoms with Crippen LogP contribution in [-0.2, 0) is 14.8 Å². The van der Waals surface area contributed by atoms with Gasteiger partial charge in [0.1, 0.15) is 6.04 Å². The van der Waals surface area contributed by atoms with E-state index in [-0.39, 0.29) is 10.8 Å². The highest BCUT2D eigenvalue weighted by molar-refractivity contribution is 9.10. The minimum absolute atomic E-state index is 0.231. The summed E-state index contributed by atoms with van der Waals surface area (Å²) in [5.41, 5.74) is 0.849. The van der Waals surface area contributed by atoms with Gasteiger partial charge in [0.05, 0.1) is 4.90 Å². The second kappa shape index (κ2) is 5.83. The molecule has 5 nitrogen and oxygen atoms in total. The van der Waals surface area contributed by atoms with Crippen molar-refractivity contribution >= 4 is 31.9 Å². The monoisotopic (exact) mass is 360 g/mol. The summed E-state index contributed by atoms with van der Waals surface area (Å²) >= 11 is 3.35. The van der Waals surface area contributed by atoms with Crippen LogP contribution >= 0.6 is 15.9 Å². The first-order valence-corrected chi connectivity index (χ1v) is 8.61. The Morgan fingerprint density at radius 1 is 1.45 bits per heavy atom. The van der Waals surface area contributed by atoms with Crippen molar-refractivity contribution in [2.24, 2.45) is 0 Å². The van der Waals surface area contributed by atoms with Crippen LogP contribution < -0.4 is 5.32 Å². The first-order chi connectivity index (χ1) is 9.37. The number of carbonyl (C=O) groups excluding carboxylic acids is 1. The van der Waals surface area contributed by atoms with E-state index in [2.05, 4.69) is 21.2 Å². The number of benzene rings is 1. The number of nitrogens with one attached hydrogen (secondary N) is 1. The second-order valence-corrected chi connectivity index (χ2v) is 7.54. The lowest BCUT2D eigenvalue weighted by Crippen LogP contribution is -2.44. The number of halogens is 1. The Hall–Kier alpha value is -0.920. The molecule has 1 saturated heterocycles. The molecule has 0 spiro atoms. The molecule has 1 atom stereocenters. The van der Waals surface area contributed by atoms with Gasteiger partial charge in [0.15, 0.2) is 0 Å². The van der Waals surface area contributed by atoms with E-state index in [9.17, 15) is 13.2 Å². The summed E-state index contributed by atoms with van der Waals surface area (Å²) in [6.07, 6.45) is 1.27. The number of hydrogen-bond donors (Lipinski definition) is 1. The molecule has 2 rings (SSSR count). The molecule has 20 heavy (non-hydrogen) atoms. The van der Waals surface area contributed by atoms with E-state index in [1.165, 1.54) is 11.4 Å². The van der Waals surface area contributed by atoms with E-state index in [4.69, 9.17) is 0 Å². The van der Waals surface area contributed by atoms with Gasteiger partial charge in [0.25, 0.3) is 0 Å². The van der Waals surface area contributed by atoms with Crippen molar-refractivity contribution in [3.63, 3.8) is 0 Å². The number of sulfonamides is 1. The minimum atomic E-state index is -3.63. The Kier molecular flexibility index (Phi) is 4.51. The van der Waals surface area contributed by atoms with Gasteiger partial charge in [-0.1, -0.05) is 15.9 Å². The largest absolute Gasteiger partial charge is 0.358 e. The van der Waals surface area contributed by atoms with Crippen molar-refractivity contribution in [3.8, 4) is 0 Å². The molecule has 1 aliphatic heterocycles. The molecule has 1 N–H and O–H groups in total. The lowest BCUT2D eigenvalue weighted by molar-refractivity contribution is -0.123. The number of rotatable bonds is 3. The van der Waals surface area contributed by atoms with Gasteiger partial charge in [0.2, 0.25) is 15.9 Å². The first-order valence-electron chi connectivity index (χ1n) is 6.37. The first kappa shape index (κ1) is 15.5. The Labute approximate surface area is 127 Å². The van der Waals surface area contributed by atoms with Crippen molar-refractivity contribution < 1.29 is 13.2 Å². The third-order valence-corrected chi connectivity index (χ3v) is 6.28. The Balaban J connectivity index is 2.38. The maximum Gasteiger partial charge on any atom is 0.243 e. The summed E-state index contributed by atoms with van der Waals surface area (Å²) in [6.45, 7) is 2.22. The van der Waals surface area contributed by atoms with Gasteiger partial charge in [-0.05, 0) is 43.5 Å². The molecule has 1 aromatic rings. The average Bonchev–Trinajstić information content (AvgIpc) is 2.90. The summed E-state index contributed by atoms with van der Waals surface area (Å²) in [7, 11) is -2.11. The van der Waals surface area contributed by atoms with Crippen LogP contribution in [-0.4, -0.2) is 38.3 Å². The zero-order chi connectivity index (χ0) is 14.9.